The zero-order valence-electron chi connectivity index (χ0n) is 14.4. The Kier molecular flexibility index (Phi) is 12.3. The number of rotatable bonds is 15. The van der Waals surface area contributed by atoms with Crippen LogP contribution >= 0.6 is 0 Å². The zero-order chi connectivity index (χ0) is 16.6. The van der Waals surface area contributed by atoms with Crippen LogP contribution in [0.3, 0.4) is 0 Å². The lowest BCUT2D eigenvalue weighted by atomic mass is 10.1. The van der Waals surface area contributed by atoms with Gasteiger partial charge in [0.25, 0.3) is 0 Å². The summed E-state index contributed by atoms with van der Waals surface area (Å²) in [6.45, 7) is 3.94. The Morgan fingerprint density at radius 2 is 1.09 bits per heavy atom. The largest absolute Gasteiger partial charge is 0.494 e. The molecule has 1 aromatic rings. The Morgan fingerprint density at radius 3 is 1.57 bits per heavy atom. The first-order valence-electron chi connectivity index (χ1n) is 8.96. The fourth-order valence-corrected chi connectivity index (χ4v) is 2.33. The highest BCUT2D eigenvalue weighted by Gasteiger charge is 1.97. The molecule has 4 heteroatoms. The molecule has 0 aliphatic carbocycles. The van der Waals surface area contributed by atoms with Crippen LogP contribution in [-0.4, -0.2) is 19.8 Å². The smallest absolute Gasteiger partial charge is 0.119 e. The molecule has 1 aromatic carbocycles. The van der Waals surface area contributed by atoms with Gasteiger partial charge in [0, 0.05) is 0 Å². The summed E-state index contributed by atoms with van der Waals surface area (Å²) in [5, 5.41) is 0. The molecule has 0 saturated heterocycles. The van der Waals surface area contributed by atoms with Crippen LogP contribution in [0.5, 0.6) is 11.5 Å². The number of ether oxygens (including phenoxy) is 2. The van der Waals surface area contributed by atoms with Gasteiger partial charge < -0.3 is 9.47 Å². The van der Waals surface area contributed by atoms with Crippen molar-refractivity contribution in [3.8, 4) is 11.5 Å². The molecule has 0 heterocycles. The van der Waals surface area contributed by atoms with Crippen molar-refractivity contribution in [3.05, 3.63) is 24.3 Å². The van der Waals surface area contributed by atoms with E-state index in [9.17, 15) is 4.53 Å². The Labute approximate surface area is 140 Å². The molecule has 23 heavy (non-hydrogen) atoms. The molecule has 0 aliphatic heterocycles. The van der Waals surface area contributed by atoms with Gasteiger partial charge in [0.15, 0.2) is 0 Å². The summed E-state index contributed by atoms with van der Waals surface area (Å²) >= 11 is 0. The minimum atomic E-state index is 0.224. The molecule has 0 aliphatic rings. The normalized spacial score (nSPS) is 10.7. The first kappa shape index (κ1) is 19.8. The second kappa shape index (κ2) is 14.3. The van der Waals surface area contributed by atoms with Crippen LogP contribution in [0.1, 0.15) is 64.7 Å². The fourth-order valence-electron chi connectivity index (χ4n) is 2.33. The van der Waals surface area contributed by atoms with Crippen molar-refractivity contribution in [2.75, 3.05) is 19.8 Å². The average Bonchev–Trinajstić information content (AvgIpc) is 2.58. The standard InChI is InChI=1S/C19H31FO3/c1-2-3-8-15-21-18-11-13-19(14-12-18)22-16-9-6-4-5-7-10-17-23-20/h11-14H,2-10,15-17H2,1H3. The van der Waals surface area contributed by atoms with Gasteiger partial charge in [-0.15, -0.1) is 0 Å². The molecule has 0 unspecified atom stereocenters. The maximum Gasteiger partial charge on any atom is 0.119 e. The van der Waals surface area contributed by atoms with Gasteiger partial charge in [-0.2, -0.15) is 4.94 Å². The zero-order valence-corrected chi connectivity index (χ0v) is 14.4. The fraction of sp³-hybridized carbons (Fsp3) is 0.684. The summed E-state index contributed by atoms with van der Waals surface area (Å²) in [5.74, 6) is 1.80. The van der Waals surface area contributed by atoms with Gasteiger partial charge in [-0.3, -0.25) is 0 Å². The Morgan fingerprint density at radius 1 is 0.652 bits per heavy atom. The van der Waals surface area contributed by atoms with E-state index in [2.05, 4.69) is 11.9 Å². The summed E-state index contributed by atoms with van der Waals surface area (Å²) in [6.07, 6.45) is 9.87. The molecule has 3 nitrogen and oxygen atoms in total. The lowest BCUT2D eigenvalue weighted by Crippen LogP contribution is -1.99. The Hall–Kier alpha value is -1.29. The maximum atomic E-state index is 11.4. The number of hydrogen-bond acceptors (Lipinski definition) is 3. The van der Waals surface area contributed by atoms with Gasteiger partial charge in [0.1, 0.15) is 11.5 Å². The lowest BCUT2D eigenvalue weighted by molar-refractivity contribution is -0.133. The van der Waals surface area contributed by atoms with Gasteiger partial charge in [0.2, 0.25) is 0 Å². The van der Waals surface area contributed by atoms with Gasteiger partial charge in [0.05, 0.1) is 19.8 Å². The highest BCUT2D eigenvalue weighted by Crippen LogP contribution is 2.18. The molecule has 0 spiro atoms. The second-order valence-electron chi connectivity index (χ2n) is 5.81. The molecule has 0 radical (unpaired) electrons. The highest BCUT2D eigenvalue weighted by molar-refractivity contribution is 5.31. The topological polar surface area (TPSA) is 27.7 Å². The number of unbranched alkanes of at least 4 members (excludes halogenated alkanes) is 7. The van der Waals surface area contributed by atoms with E-state index in [0.29, 0.717) is 0 Å². The van der Waals surface area contributed by atoms with E-state index in [-0.39, 0.29) is 6.61 Å². The Bertz CT molecular complexity index is 367. The molecule has 0 aromatic heterocycles. The third-order valence-corrected chi connectivity index (χ3v) is 3.72. The van der Waals surface area contributed by atoms with Crippen molar-refractivity contribution < 1.29 is 18.9 Å². The summed E-state index contributed by atoms with van der Waals surface area (Å²) in [7, 11) is 0. The third kappa shape index (κ3) is 11.0. The molecule has 0 fully saturated rings. The molecule has 0 atom stereocenters. The van der Waals surface area contributed by atoms with E-state index < -0.39 is 0 Å². The summed E-state index contributed by atoms with van der Waals surface area (Å²) in [6, 6.07) is 7.86. The van der Waals surface area contributed by atoms with Crippen LogP contribution in [-0.2, 0) is 4.94 Å². The van der Waals surface area contributed by atoms with Crippen LogP contribution in [0.2, 0.25) is 0 Å². The van der Waals surface area contributed by atoms with E-state index >= 15 is 0 Å². The summed E-state index contributed by atoms with van der Waals surface area (Å²) < 4.78 is 22.8. The van der Waals surface area contributed by atoms with Crippen LogP contribution < -0.4 is 9.47 Å². The number of hydrogen-bond donors (Lipinski definition) is 0. The van der Waals surface area contributed by atoms with Crippen molar-refractivity contribution in [3.63, 3.8) is 0 Å². The van der Waals surface area contributed by atoms with Gasteiger partial charge >= 0.3 is 0 Å². The monoisotopic (exact) mass is 326 g/mol. The van der Waals surface area contributed by atoms with Crippen molar-refractivity contribution in [2.24, 2.45) is 0 Å². The predicted molar refractivity (Wildman–Crippen MR) is 91.7 cm³/mol. The van der Waals surface area contributed by atoms with Crippen LogP contribution in [0.4, 0.5) is 4.53 Å². The minimum absolute atomic E-state index is 0.224. The molecule has 0 bridgehead atoms. The first-order chi connectivity index (χ1) is 11.4. The van der Waals surface area contributed by atoms with E-state index in [4.69, 9.17) is 9.47 Å². The van der Waals surface area contributed by atoms with Crippen LogP contribution in [0.25, 0.3) is 0 Å². The number of halogens is 1. The van der Waals surface area contributed by atoms with Crippen LogP contribution in [0.15, 0.2) is 24.3 Å². The first-order valence-corrected chi connectivity index (χ1v) is 8.96. The number of benzene rings is 1. The third-order valence-electron chi connectivity index (χ3n) is 3.72. The lowest BCUT2D eigenvalue weighted by Gasteiger charge is -2.08. The SMILES string of the molecule is CCCCCOc1ccc(OCCCCCCCCOF)cc1. The van der Waals surface area contributed by atoms with Gasteiger partial charge in [-0.1, -0.05) is 45.4 Å². The van der Waals surface area contributed by atoms with Gasteiger partial charge in [-0.25, -0.2) is 0 Å². The maximum absolute atomic E-state index is 11.4. The van der Waals surface area contributed by atoms with Gasteiger partial charge in [-0.05, 0) is 48.1 Å². The van der Waals surface area contributed by atoms with E-state index in [0.717, 1.165) is 63.2 Å². The van der Waals surface area contributed by atoms with E-state index in [1.807, 2.05) is 24.3 Å². The molecule has 0 saturated carbocycles. The molecular weight excluding hydrogens is 295 g/mol. The summed E-state index contributed by atoms with van der Waals surface area (Å²) in [4.78, 5) is 3.55. The quantitative estimate of drug-likeness (QED) is 0.377. The molecule has 132 valence electrons. The highest BCUT2D eigenvalue weighted by atomic mass is 19.3. The molecular formula is C19H31FO3. The predicted octanol–water partition coefficient (Wildman–Crippen LogP) is 5.88. The minimum Gasteiger partial charge on any atom is -0.494 e. The van der Waals surface area contributed by atoms with Crippen molar-refractivity contribution >= 4 is 0 Å². The van der Waals surface area contributed by atoms with Crippen molar-refractivity contribution in [1.82, 2.24) is 0 Å². The van der Waals surface area contributed by atoms with Crippen molar-refractivity contribution in [2.45, 2.75) is 64.7 Å². The molecule has 1 rings (SSSR count). The van der Waals surface area contributed by atoms with E-state index in [1.54, 1.807) is 0 Å². The second-order valence-corrected chi connectivity index (χ2v) is 5.81. The van der Waals surface area contributed by atoms with Crippen LogP contribution in [0, 0.1) is 0 Å². The molecule has 0 N–H and O–H groups in total. The Balaban J connectivity index is 2.00. The summed E-state index contributed by atoms with van der Waals surface area (Å²) in [5.41, 5.74) is 0. The van der Waals surface area contributed by atoms with E-state index in [1.165, 1.54) is 19.3 Å². The molecule has 0 amide bonds. The average molecular weight is 326 g/mol. The van der Waals surface area contributed by atoms with Crippen molar-refractivity contribution in [1.29, 1.82) is 0 Å².